The van der Waals surface area contributed by atoms with Gasteiger partial charge < -0.3 is 0 Å². The van der Waals surface area contributed by atoms with Gasteiger partial charge in [-0.2, -0.15) is 5.26 Å². The third-order valence-corrected chi connectivity index (χ3v) is 3.07. The van der Waals surface area contributed by atoms with Crippen molar-refractivity contribution in [3.05, 3.63) is 40.0 Å². The van der Waals surface area contributed by atoms with Gasteiger partial charge in [0.25, 0.3) is 0 Å². The summed E-state index contributed by atoms with van der Waals surface area (Å²) in [6.07, 6.45) is 1.72. The summed E-state index contributed by atoms with van der Waals surface area (Å²) in [5.74, 6) is -0.116. The SMILES string of the molecule is Cc1cc(C)c(C=C(C#N)C(=O)C(C)(C)C)c(C)c1. The Morgan fingerprint density at radius 3 is 2.00 bits per heavy atom. The summed E-state index contributed by atoms with van der Waals surface area (Å²) in [5, 5.41) is 9.22. The molecule has 0 atom stereocenters. The first-order chi connectivity index (χ1) is 8.66. The first kappa shape index (κ1) is 15.2. The number of nitrogens with zero attached hydrogens (tertiary/aromatic N) is 1. The van der Waals surface area contributed by atoms with E-state index >= 15 is 0 Å². The molecule has 0 heterocycles. The van der Waals surface area contributed by atoms with Crippen LogP contribution in [0, 0.1) is 37.5 Å². The number of benzene rings is 1. The van der Waals surface area contributed by atoms with Crippen molar-refractivity contribution >= 4 is 11.9 Å². The highest BCUT2D eigenvalue weighted by atomic mass is 16.1. The van der Waals surface area contributed by atoms with E-state index in [4.69, 9.17) is 0 Å². The summed E-state index contributed by atoms with van der Waals surface area (Å²) in [6.45, 7) is 11.5. The predicted molar refractivity (Wildman–Crippen MR) is 78.7 cm³/mol. The van der Waals surface area contributed by atoms with Crippen LogP contribution in [0.1, 0.15) is 43.0 Å². The minimum absolute atomic E-state index is 0.116. The first-order valence-corrected chi connectivity index (χ1v) is 6.41. The number of allylic oxidation sites excluding steroid dienone is 1. The van der Waals surface area contributed by atoms with Crippen LogP contribution in [0.4, 0.5) is 0 Å². The fourth-order valence-electron chi connectivity index (χ4n) is 2.12. The van der Waals surface area contributed by atoms with E-state index in [-0.39, 0.29) is 11.4 Å². The summed E-state index contributed by atoms with van der Waals surface area (Å²) >= 11 is 0. The number of ketones is 1. The van der Waals surface area contributed by atoms with E-state index in [1.165, 1.54) is 5.56 Å². The van der Waals surface area contributed by atoms with Gasteiger partial charge in [-0.1, -0.05) is 38.5 Å². The Balaban J connectivity index is 3.36. The highest BCUT2D eigenvalue weighted by molar-refractivity contribution is 6.06. The number of carbonyl (C=O) groups is 1. The van der Waals surface area contributed by atoms with Crippen LogP contribution in [0.2, 0.25) is 0 Å². The van der Waals surface area contributed by atoms with Gasteiger partial charge in [-0.15, -0.1) is 0 Å². The van der Waals surface area contributed by atoms with Crippen molar-refractivity contribution in [2.75, 3.05) is 0 Å². The number of nitriles is 1. The molecule has 1 rings (SSSR count). The maximum Gasteiger partial charge on any atom is 0.178 e. The number of Topliss-reactive ketones (excluding diaryl/α,β-unsaturated/α-hetero) is 1. The number of rotatable bonds is 2. The van der Waals surface area contributed by atoms with Gasteiger partial charge >= 0.3 is 0 Å². The third-order valence-electron chi connectivity index (χ3n) is 3.07. The quantitative estimate of drug-likeness (QED) is 0.589. The van der Waals surface area contributed by atoms with Gasteiger partial charge in [0.15, 0.2) is 5.78 Å². The molecule has 0 saturated carbocycles. The lowest BCUT2D eigenvalue weighted by molar-refractivity contribution is -0.121. The van der Waals surface area contributed by atoms with Crippen LogP contribution < -0.4 is 0 Å². The van der Waals surface area contributed by atoms with Crippen LogP contribution >= 0.6 is 0 Å². The molecule has 1 aromatic carbocycles. The smallest absolute Gasteiger partial charge is 0.178 e. The van der Waals surface area contributed by atoms with Gasteiger partial charge in [0.2, 0.25) is 0 Å². The highest BCUT2D eigenvalue weighted by Crippen LogP contribution is 2.24. The zero-order chi connectivity index (χ0) is 14.8. The van der Waals surface area contributed by atoms with Crippen molar-refractivity contribution in [1.29, 1.82) is 5.26 Å². The van der Waals surface area contributed by atoms with Crippen LogP contribution in [-0.4, -0.2) is 5.78 Å². The molecular formula is C17H21NO. The lowest BCUT2D eigenvalue weighted by Crippen LogP contribution is -2.21. The molecule has 0 radical (unpaired) electrons. The number of carbonyl (C=O) groups excluding carboxylic acids is 1. The van der Waals surface area contributed by atoms with Gasteiger partial charge in [-0.3, -0.25) is 4.79 Å². The Morgan fingerprint density at radius 1 is 1.16 bits per heavy atom. The van der Waals surface area contributed by atoms with E-state index in [0.29, 0.717) is 0 Å². The van der Waals surface area contributed by atoms with E-state index in [1.54, 1.807) is 6.08 Å². The molecule has 2 nitrogen and oxygen atoms in total. The summed E-state index contributed by atoms with van der Waals surface area (Å²) in [5.41, 5.74) is 4.03. The molecule has 100 valence electrons. The van der Waals surface area contributed by atoms with Gasteiger partial charge in [0, 0.05) is 5.41 Å². The Labute approximate surface area is 115 Å². The molecule has 19 heavy (non-hydrogen) atoms. The minimum atomic E-state index is -0.534. The fourth-order valence-corrected chi connectivity index (χ4v) is 2.12. The van der Waals surface area contributed by atoms with E-state index in [1.807, 2.05) is 47.6 Å². The predicted octanol–water partition coefficient (Wildman–Crippen LogP) is 4.13. The Morgan fingerprint density at radius 2 is 1.63 bits per heavy atom. The summed E-state index contributed by atoms with van der Waals surface area (Å²) in [7, 11) is 0. The maximum absolute atomic E-state index is 12.2. The molecular weight excluding hydrogens is 234 g/mol. The first-order valence-electron chi connectivity index (χ1n) is 6.41. The number of hydrogen-bond acceptors (Lipinski definition) is 2. The summed E-state index contributed by atoms with van der Waals surface area (Å²) in [6, 6.07) is 6.17. The average Bonchev–Trinajstić information content (AvgIpc) is 2.26. The van der Waals surface area contributed by atoms with Gasteiger partial charge in [-0.05, 0) is 43.5 Å². The zero-order valence-electron chi connectivity index (χ0n) is 12.6. The molecule has 0 aliphatic carbocycles. The normalized spacial score (nSPS) is 12.2. The van der Waals surface area contributed by atoms with Crippen LogP contribution in [0.5, 0.6) is 0 Å². The highest BCUT2D eigenvalue weighted by Gasteiger charge is 2.25. The second kappa shape index (κ2) is 5.40. The Bertz CT molecular complexity index is 557. The lowest BCUT2D eigenvalue weighted by atomic mass is 9.85. The largest absolute Gasteiger partial charge is 0.293 e. The van der Waals surface area contributed by atoms with Crippen LogP contribution in [0.15, 0.2) is 17.7 Å². The summed E-state index contributed by atoms with van der Waals surface area (Å²) < 4.78 is 0. The monoisotopic (exact) mass is 255 g/mol. The zero-order valence-corrected chi connectivity index (χ0v) is 12.6. The van der Waals surface area contributed by atoms with Crippen molar-refractivity contribution in [1.82, 2.24) is 0 Å². The molecule has 0 aliphatic rings. The molecule has 0 spiro atoms. The topological polar surface area (TPSA) is 40.9 Å². The number of aryl methyl sites for hydroxylation is 3. The Hall–Kier alpha value is -1.88. The molecule has 0 aliphatic heterocycles. The second-order valence-electron chi connectivity index (χ2n) is 6.06. The van der Waals surface area contributed by atoms with E-state index in [9.17, 15) is 10.1 Å². The van der Waals surface area contributed by atoms with Crippen molar-refractivity contribution in [2.24, 2.45) is 5.41 Å². The van der Waals surface area contributed by atoms with Crippen LogP contribution in [0.25, 0.3) is 6.08 Å². The minimum Gasteiger partial charge on any atom is -0.293 e. The molecule has 2 heteroatoms. The molecule has 0 aromatic heterocycles. The lowest BCUT2D eigenvalue weighted by Gasteiger charge is -2.16. The standard InChI is InChI=1S/C17H21NO/c1-11-7-12(2)15(13(3)8-11)9-14(10-18)16(19)17(4,5)6/h7-9H,1-6H3. The summed E-state index contributed by atoms with van der Waals surface area (Å²) in [4.78, 5) is 12.2. The Kier molecular flexibility index (Phi) is 4.32. The van der Waals surface area contributed by atoms with Crippen LogP contribution in [0.3, 0.4) is 0 Å². The van der Waals surface area contributed by atoms with Crippen molar-refractivity contribution in [2.45, 2.75) is 41.5 Å². The second-order valence-corrected chi connectivity index (χ2v) is 6.06. The van der Waals surface area contributed by atoms with Crippen molar-refractivity contribution < 1.29 is 4.79 Å². The van der Waals surface area contributed by atoms with E-state index in [0.717, 1.165) is 16.7 Å². The molecule has 0 saturated heterocycles. The van der Waals surface area contributed by atoms with E-state index < -0.39 is 5.41 Å². The molecule has 0 fully saturated rings. The van der Waals surface area contributed by atoms with E-state index in [2.05, 4.69) is 12.1 Å². The molecule has 0 bridgehead atoms. The van der Waals surface area contributed by atoms with Gasteiger partial charge in [0.1, 0.15) is 6.07 Å². The maximum atomic E-state index is 12.2. The van der Waals surface area contributed by atoms with Gasteiger partial charge in [0.05, 0.1) is 5.57 Å². The average molecular weight is 255 g/mol. The van der Waals surface area contributed by atoms with Crippen LogP contribution in [-0.2, 0) is 4.79 Å². The number of hydrogen-bond donors (Lipinski definition) is 0. The molecule has 0 N–H and O–H groups in total. The van der Waals surface area contributed by atoms with Crippen molar-refractivity contribution in [3.63, 3.8) is 0 Å². The third kappa shape index (κ3) is 3.54. The molecule has 0 unspecified atom stereocenters. The van der Waals surface area contributed by atoms with Gasteiger partial charge in [-0.25, -0.2) is 0 Å². The molecule has 0 amide bonds. The fraction of sp³-hybridized carbons (Fsp3) is 0.412. The molecule has 1 aromatic rings. The van der Waals surface area contributed by atoms with Crippen molar-refractivity contribution in [3.8, 4) is 6.07 Å².